The van der Waals surface area contributed by atoms with Gasteiger partial charge in [-0.2, -0.15) is 0 Å². The average molecular weight is 367 g/mol. The van der Waals surface area contributed by atoms with Crippen molar-refractivity contribution in [2.75, 3.05) is 30.4 Å². The molecule has 4 rings (SSSR count). The molecule has 0 atom stereocenters. The number of aryl methyl sites for hydroxylation is 1. The number of amides is 2. The second-order valence-electron chi connectivity index (χ2n) is 6.81. The van der Waals surface area contributed by atoms with E-state index in [2.05, 4.69) is 23.3 Å². The monoisotopic (exact) mass is 367 g/mol. The Morgan fingerprint density at radius 1 is 1.31 bits per heavy atom. The predicted molar refractivity (Wildman–Crippen MR) is 105 cm³/mol. The Morgan fingerprint density at radius 2 is 2.12 bits per heavy atom. The van der Waals surface area contributed by atoms with Crippen LogP contribution in [0.1, 0.15) is 28.1 Å². The maximum atomic E-state index is 13.3. The third-order valence-corrected chi connectivity index (χ3v) is 5.84. The molecule has 2 aliphatic heterocycles. The van der Waals surface area contributed by atoms with Crippen molar-refractivity contribution in [2.24, 2.45) is 0 Å². The molecule has 0 spiro atoms. The molecule has 0 radical (unpaired) electrons. The fraction of sp³-hybridized carbons (Fsp3) is 0.300. The normalized spacial score (nSPS) is 17.1. The number of fused-ring (bicyclic) bond motifs is 2. The summed E-state index contributed by atoms with van der Waals surface area (Å²) in [4.78, 5) is 30.9. The fourth-order valence-corrected chi connectivity index (χ4v) is 4.30. The molecule has 6 heteroatoms. The number of hydrogen-bond acceptors (Lipinski definition) is 4. The second kappa shape index (κ2) is 6.70. The van der Waals surface area contributed by atoms with E-state index in [0.29, 0.717) is 17.7 Å². The number of anilines is 3. The third-order valence-electron chi connectivity index (χ3n) is 4.94. The molecule has 3 heterocycles. The minimum Gasteiger partial charge on any atom is -0.320 e. The molecule has 0 fully saturated rings. The van der Waals surface area contributed by atoms with Gasteiger partial charge in [-0.05, 0) is 32.5 Å². The van der Waals surface area contributed by atoms with E-state index in [-0.39, 0.29) is 11.8 Å². The molecule has 2 aromatic rings. The number of likely N-dealkylation sites (N-methyl/N-ethyl adjacent to an activating group) is 1. The molecule has 26 heavy (non-hydrogen) atoms. The van der Waals surface area contributed by atoms with Gasteiger partial charge >= 0.3 is 0 Å². The highest BCUT2D eigenvalue weighted by atomic mass is 32.1. The molecule has 1 aromatic carbocycles. The van der Waals surface area contributed by atoms with Crippen molar-refractivity contribution in [2.45, 2.75) is 19.8 Å². The second-order valence-corrected chi connectivity index (χ2v) is 7.89. The standard InChI is InChI=1S/C20H21N3O2S/c1-13-19-15(12-26-13)20(25)21-16-5-3-4-6-17(16)23(19)18(24)11-14-7-9-22(2)10-8-14/h3-7,12H,8-11H2,1-2H3,(H,21,25). The molecule has 0 saturated carbocycles. The van der Waals surface area contributed by atoms with Gasteiger partial charge in [-0.25, -0.2) is 0 Å². The Bertz CT molecular complexity index is 916. The molecular formula is C20H21N3O2S. The van der Waals surface area contributed by atoms with Gasteiger partial charge in [0.2, 0.25) is 5.91 Å². The summed E-state index contributed by atoms with van der Waals surface area (Å²) < 4.78 is 0. The SMILES string of the molecule is Cc1scc2c1N(C(=O)CC1=CCN(C)CC1)c1ccccc1NC2=O. The number of nitrogens with zero attached hydrogens (tertiary/aromatic N) is 2. The van der Waals surface area contributed by atoms with Crippen molar-refractivity contribution in [3.8, 4) is 0 Å². The number of carbonyl (C=O) groups excluding carboxylic acids is 2. The van der Waals surface area contributed by atoms with Crippen molar-refractivity contribution in [1.29, 1.82) is 0 Å². The van der Waals surface area contributed by atoms with Crippen LogP contribution < -0.4 is 10.2 Å². The summed E-state index contributed by atoms with van der Waals surface area (Å²) in [7, 11) is 2.08. The molecular weight excluding hydrogens is 346 g/mol. The van der Waals surface area contributed by atoms with Crippen LogP contribution in [0.2, 0.25) is 0 Å². The Hall–Kier alpha value is -2.44. The van der Waals surface area contributed by atoms with Crippen LogP contribution in [0.4, 0.5) is 17.1 Å². The van der Waals surface area contributed by atoms with Crippen molar-refractivity contribution >= 4 is 40.2 Å². The summed E-state index contributed by atoms with van der Waals surface area (Å²) in [5.74, 6) is -0.155. The Morgan fingerprint density at radius 3 is 2.88 bits per heavy atom. The summed E-state index contributed by atoms with van der Waals surface area (Å²) in [5.41, 5.74) is 3.86. The first-order chi connectivity index (χ1) is 12.5. The highest BCUT2D eigenvalue weighted by Gasteiger charge is 2.32. The molecule has 0 saturated heterocycles. The first-order valence-electron chi connectivity index (χ1n) is 8.72. The molecule has 5 nitrogen and oxygen atoms in total. The van der Waals surface area contributed by atoms with Gasteiger partial charge in [0.05, 0.1) is 22.6 Å². The Labute approximate surface area is 156 Å². The van der Waals surface area contributed by atoms with E-state index >= 15 is 0 Å². The summed E-state index contributed by atoms with van der Waals surface area (Å²) in [5, 5.41) is 4.77. The number of thiophene rings is 1. The molecule has 0 unspecified atom stereocenters. The lowest BCUT2D eigenvalue weighted by molar-refractivity contribution is -0.117. The van der Waals surface area contributed by atoms with Gasteiger partial charge in [-0.15, -0.1) is 11.3 Å². The molecule has 1 N–H and O–H groups in total. The molecule has 0 aliphatic carbocycles. The predicted octanol–water partition coefficient (Wildman–Crippen LogP) is 3.94. The van der Waals surface area contributed by atoms with Crippen LogP contribution in [0, 0.1) is 6.92 Å². The number of hydrogen-bond donors (Lipinski definition) is 1. The maximum Gasteiger partial charge on any atom is 0.258 e. The lowest BCUT2D eigenvalue weighted by Crippen LogP contribution is -2.29. The Kier molecular flexibility index (Phi) is 4.38. The van der Waals surface area contributed by atoms with Crippen LogP contribution in [-0.2, 0) is 4.79 Å². The van der Waals surface area contributed by atoms with E-state index in [1.807, 2.05) is 36.6 Å². The van der Waals surface area contributed by atoms with E-state index in [0.717, 1.165) is 35.8 Å². The molecule has 1 aromatic heterocycles. The zero-order valence-corrected chi connectivity index (χ0v) is 15.7. The highest BCUT2D eigenvalue weighted by molar-refractivity contribution is 7.11. The van der Waals surface area contributed by atoms with Gasteiger partial charge in [0, 0.05) is 29.8 Å². The summed E-state index contributed by atoms with van der Waals surface area (Å²) in [6.45, 7) is 3.81. The van der Waals surface area contributed by atoms with Crippen LogP contribution in [0.25, 0.3) is 0 Å². The van der Waals surface area contributed by atoms with Gasteiger partial charge in [0.25, 0.3) is 5.91 Å². The third kappa shape index (κ3) is 2.95. The highest BCUT2D eigenvalue weighted by Crippen LogP contribution is 2.42. The summed E-state index contributed by atoms with van der Waals surface area (Å²) in [6, 6.07) is 7.50. The number of nitrogens with one attached hydrogen (secondary N) is 1. The number of para-hydroxylation sites is 2. The molecule has 2 aliphatic rings. The van der Waals surface area contributed by atoms with Gasteiger partial charge in [-0.3, -0.25) is 14.5 Å². The number of rotatable bonds is 2. The minimum atomic E-state index is -0.161. The zero-order chi connectivity index (χ0) is 18.3. The van der Waals surface area contributed by atoms with E-state index < -0.39 is 0 Å². The summed E-state index contributed by atoms with van der Waals surface area (Å²) >= 11 is 1.50. The van der Waals surface area contributed by atoms with E-state index in [1.54, 1.807) is 4.90 Å². The lowest BCUT2D eigenvalue weighted by atomic mass is 10.0. The molecule has 0 bridgehead atoms. The van der Waals surface area contributed by atoms with Crippen LogP contribution in [0.15, 0.2) is 41.3 Å². The van der Waals surface area contributed by atoms with Crippen LogP contribution >= 0.6 is 11.3 Å². The maximum absolute atomic E-state index is 13.3. The van der Waals surface area contributed by atoms with Gasteiger partial charge in [0.15, 0.2) is 0 Å². The van der Waals surface area contributed by atoms with Crippen molar-refractivity contribution in [3.63, 3.8) is 0 Å². The molecule has 134 valence electrons. The fourth-order valence-electron chi connectivity index (χ4n) is 3.48. The van der Waals surface area contributed by atoms with Crippen molar-refractivity contribution in [3.05, 3.63) is 51.7 Å². The minimum absolute atomic E-state index is 0.00695. The number of carbonyl (C=O) groups is 2. The largest absolute Gasteiger partial charge is 0.320 e. The summed E-state index contributed by atoms with van der Waals surface area (Å²) in [6.07, 6.45) is 3.44. The lowest BCUT2D eigenvalue weighted by Gasteiger charge is -2.26. The number of benzene rings is 1. The van der Waals surface area contributed by atoms with E-state index in [1.165, 1.54) is 16.9 Å². The van der Waals surface area contributed by atoms with E-state index in [4.69, 9.17) is 0 Å². The smallest absolute Gasteiger partial charge is 0.258 e. The first-order valence-corrected chi connectivity index (χ1v) is 9.60. The first kappa shape index (κ1) is 17.0. The van der Waals surface area contributed by atoms with Crippen LogP contribution in [-0.4, -0.2) is 36.9 Å². The van der Waals surface area contributed by atoms with Crippen molar-refractivity contribution < 1.29 is 9.59 Å². The van der Waals surface area contributed by atoms with Gasteiger partial charge < -0.3 is 10.2 Å². The van der Waals surface area contributed by atoms with E-state index in [9.17, 15) is 9.59 Å². The van der Waals surface area contributed by atoms with Crippen LogP contribution in [0.3, 0.4) is 0 Å². The topological polar surface area (TPSA) is 52.7 Å². The van der Waals surface area contributed by atoms with Gasteiger partial charge in [-0.1, -0.05) is 23.8 Å². The van der Waals surface area contributed by atoms with Crippen LogP contribution in [0.5, 0.6) is 0 Å². The average Bonchev–Trinajstić information content (AvgIpc) is 2.94. The Balaban J connectivity index is 1.76. The molecule has 2 amide bonds. The zero-order valence-electron chi connectivity index (χ0n) is 14.9. The van der Waals surface area contributed by atoms with Crippen molar-refractivity contribution in [1.82, 2.24) is 4.90 Å². The quantitative estimate of drug-likeness (QED) is 0.818. The van der Waals surface area contributed by atoms with Gasteiger partial charge in [0.1, 0.15) is 0 Å².